The Labute approximate surface area is 221 Å². The molecule has 0 fully saturated rings. The van der Waals surface area contributed by atoms with Crippen LogP contribution in [0.2, 0.25) is 0 Å². The molecule has 0 bridgehead atoms. The van der Waals surface area contributed by atoms with E-state index in [9.17, 15) is 28.8 Å². The number of imide groups is 2. The fourth-order valence-corrected chi connectivity index (χ4v) is 3.93. The van der Waals surface area contributed by atoms with Crippen molar-refractivity contribution in [3.63, 3.8) is 0 Å². The maximum absolute atomic E-state index is 12.6. The van der Waals surface area contributed by atoms with E-state index in [1.54, 1.807) is 6.92 Å². The lowest BCUT2D eigenvalue weighted by molar-refractivity contribution is -0.121. The molecule has 2 aliphatic heterocycles. The van der Waals surface area contributed by atoms with Gasteiger partial charge < -0.3 is 9.47 Å². The molecule has 0 aliphatic carbocycles. The van der Waals surface area contributed by atoms with E-state index in [0.717, 1.165) is 9.80 Å². The molecule has 0 spiro atoms. The number of benzene rings is 3. The largest absolute Gasteiger partial charge is 0.423 e. The van der Waals surface area contributed by atoms with Crippen molar-refractivity contribution in [3.05, 3.63) is 108 Å². The number of rotatable bonds is 6. The van der Waals surface area contributed by atoms with E-state index >= 15 is 0 Å². The number of anilines is 2. The minimum absolute atomic E-state index is 0.204. The fourth-order valence-electron chi connectivity index (χ4n) is 3.93. The summed E-state index contributed by atoms with van der Waals surface area (Å²) in [5, 5.41) is 0. The van der Waals surface area contributed by atoms with Crippen LogP contribution >= 0.6 is 0 Å². The smallest absolute Gasteiger partial charge is 0.343 e. The topological polar surface area (TPSA) is 127 Å². The van der Waals surface area contributed by atoms with Crippen molar-refractivity contribution in [3.8, 4) is 11.5 Å². The van der Waals surface area contributed by atoms with E-state index in [0.29, 0.717) is 16.9 Å². The van der Waals surface area contributed by atoms with E-state index in [2.05, 4.69) is 0 Å². The minimum Gasteiger partial charge on any atom is -0.423 e. The predicted octanol–water partition coefficient (Wildman–Crippen LogP) is 3.29. The lowest BCUT2D eigenvalue weighted by atomic mass is 10.1. The van der Waals surface area contributed by atoms with Gasteiger partial charge in [0.15, 0.2) is 0 Å². The Kier molecular flexibility index (Phi) is 6.43. The van der Waals surface area contributed by atoms with Gasteiger partial charge in [0.25, 0.3) is 23.6 Å². The number of nitrogens with zero attached hydrogens (tertiary/aromatic N) is 2. The molecule has 0 saturated carbocycles. The molecule has 3 aromatic carbocycles. The maximum atomic E-state index is 12.6. The molecule has 2 aliphatic rings. The monoisotopic (exact) mass is 522 g/mol. The summed E-state index contributed by atoms with van der Waals surface area (Å²) in [6.45, 7) is 1.67. The van der Waals surface area contributed by atoms with Crippen molar-refractivity contribution in [1.29, 1.82) is 0 Å². The number of carbonyl (C=O) groups excluding carboxylic acids is 6. The van der Waals surface area contributed by atoms with Crippen LogP contribution in [-0.2, 0) is 19.2 Å². The lowest BCUT2D eigenvalue weighted by Crippen LogP contribution is -2.29. The number of ether oxygens (including phenoxy) is 2. The number of hydrogen-bond donors (Lipinski definition) is 0. The van der Waals surface area contributed by atoms with Crippen molar-refractivity contribution in [2.24, 2.45) is 0 Å². The number of aryl methyl sites for hydroxylation is 1. The third-order valence-electron chi connectivity index (χ3n) is 5.90. The molecule has 39 heavy (non-hydrogen) atoms. The Bertz CT molecular complexity index is 1580. The molecular formula is C29H18N2O8. The number of amides is 4. The van der Waals surface area contributed by atoms with Crippen molar-refractivity contribution in [1.82, 2.24) is 0 Å². The number of esters is 2. The van der Waals surface area contributed by atoms with Gasteiger partial charge in [0.2, 0.25) is 0 Å². The van der Waals surface area contributed by atoms with Gasteiger partial charge in [-0.1, -0.05) is 0 Å². The van der Waals surface area contributed by atoms with Gasteiger partial charge in [-0.3, -0.25) is 19.2 Å². The van der Waals surface area contributed by atoms with Crippen LogP contribution in [0.3, 0.4) is 0 Å². The summed E-state index contributed by atoms with van der Waals surface area (Å²) in [5.41, 5.74) is 1.60. The second-order valence-electron chi connectivity index (χ2n) is 8.49. The van der Waals surface area contributed by atoms with E-state index in [1.165, 1.54) is 91.0 Å². The molecular weight excluding hydrogens is 504 g/mol. The molecule has 0 saturated heterocycles. The van der Waals surface area contributed by atoms with Crippen LogP contribution < -0.4 is 19.3 Å². The molecule has 10 heteroatoms. The zero-order valence-corrected chi connectivity index (χ0v) is 20.3. The van der Waals surface area contributed by atoms with E-state index < -0.39 is 35.6 Å². The first-order valence-electron chi connectivity index (χ1n) is 11.6. The second kappa shape index (κ2) is 10.0. The average molecular weight is 522 g/mol. The van der Waals surface area contributed by atoms with Crippen LogP contribution in [0.4, 0.5) is 11.4 Å². The van der Waals surface area contributed by atoms with Crippen LogP contribution in [0, 0.1) is 6.92 Å². The highest BCUT2D eigenvalue weighted by Crippen LogP contribution is 2.26. The first-order chi connectivity index (χ1) is 18.7. The van der Waals surface area contributed by atoms with Gasteiger partial charge in [0, 0.05) is 24.3 Å². The molecule has 0 unspecified atom stereocenters. The van der Waals surface area contributed by atoms with Crippen molar-refractivity contribution < 1.29 is 38.2 Å². The molecule has 0 radical (unpaired) electrons. The third kappa shape index (κ3) is 4.98. The SMILES string of the molecule is Cc1cc(OC(=O)c2ccc(N3C(=O)C=CC3=O)cc2)ccc1OC(=O)c1ccc(N2C(=O)C=CC2=O)cc1. The van der Waals surface area contributed by atoms with E-state index in [1.807, 2.05) is 0 Å². The van der Waals surface area contributed by atoms with Gasteiger partial charge in [0.1, 0.15) is 11.5 Å². The molecule has 10 nitrogen and oxygen atoms in total. The molecule has 192 valence electrons. The molecule has 0 aromatic heterocycles. The van der Waals surface area contributed by atoms with Crippen molar-refractivity contribution in [2.75, 3.05) is 9.80 Å². The highest BCUT2D eigenvalue weighted by molar-refractivity contribution is 6.28. The quantitative estimate of drug-likeness (QED) is 0.274. The summed E-state index contributed by atoms with van der Waals surface area (Å²) < 4.78 is 10.9. The second-order valence-corrected chi connectivity index (χ2v) is 8.49. The average Bonchev–Trinajstić information content (AvgIpc) is 3.44. The van der Waals surface area contributed by atoms with Crippen LogP contribution in [0.5, 0.6) is 11.5 Å². The van der Waals surface area contributed by atoms with Gasteiger partial charge in [-0.15, -0.1) is 0 Å². The van der Waals surface area contributed by atoms with Gasteiger partial charge in [0.05, 0.1) is 22.5 Å². The van der Waals surface area contributed by atoms with Crippen LogP contribution in [0.25, 0.3) is 0 Å². The molecule has 0 N–H and O–H groups in total. The van der Waals surface area contributed by atoms with Crippen molar-refractivity contribution in [2.45, 2.75) is 6.92 Å². The zero-order chi connectivity index (χ0) is 27.7. The fraction of sp³-hybridized carbons (Fsp3) is 0.0345. The lowest BCUT2D eigenvalue weighted by Gasteiger charge is -2.14. The standard InChI is InChI=1S/C29H18N2O8/c1-17-16-22(38-28(36)18-2-6-20(7-3-18)30-24(32)12-13-25(30)33)10-11-23(17)39-29(37)19-4-8-21(9-5-19)31-26(34)14-15-27(31)35/h2-16H,1H3. The highest BCUT2D eigenvalue weighted by Gasteiger charge is 2.26. The van der Waals surface area contributed by atoms with Crippen LogP contribution in [0.15, 0.2) is 91.0 Å². The van der Waals surface area contributed by atoms with E-state index in [-0.39, 0.29) is 22.6 Å². The molecule has 5 rings (SSSR count). The van der Waals surface area contributed by atoms with Crippen LogP contribution in [0.1, 0.15) is 26.3 Å². The summed E-state index contributed by atoms with van der Waals surface area (Å²) in [7, 11) is 0. The van der Waals surface area contributed by atoms with Crippen LogP contribution in [-0.4, -0.2) is 35.6 Å². The summed E-state index contributed by atoms with van der Waals surface area (Å²) in [4.78, 5) is 74.4. The summed E-state index contributed by atoms with van der Waals surface area (Å²) in [6.07, 6.45) is 4.68. The minimum atomic E-state index is -0.659. The Morgan fingerprint density at radius 3 is 1.38 bits per heavy atom. The van der Waals surface area contributed by atoms with Crippen molar-refractivity contribution >= 4 is 46.9 Å². The van der Waals surface area contributed by atoms with Gasteiger partial charge in [-0.2, -0.15) is 0 Å². The predicted molar refractivity (Wildman–Crippen MR) is 137 cm³/mol. The van der Waals surface area contributed by atoms with Gasteiger partial charge in [-0.05, 0) is 79.2 Å². The van der Waals surface area contributed by atoms with Gasteiger partial charge >= 0.3 is 11.9 Å². The van der Waals surface area contributed by atoms with E-state index in [4.69, 9.17) is 9.47 Å². The zero-order valence-electron chi connectivity index (χ0n) is 20.3. The number of hydrogen-bond acceptors (Lipinski definition) is 8. The normalized spacial score (nSPS) is 14.4. The first-order valence-corrected chi connectivity index (χ1v) is 11.6. The summed E-state index contributed by atoms with van der Waals surface area (Å²) in [5.74, 6) is -2.70. The first kappa shape index (κ1) is 25.0. The summed E-state index contributed by atoms with van der Waals surface area (Å²) >= 11 is 0. The summed E-state index contributed by atoms with van der Waals surface area (Å²) in [6, 6.07) is 16.1. The maximum Gasteiger partial charge on any atom is 0.343 e. The Hall–Kier alpha value is -5.64. The molecule has 3 aromatic rings. The molecule has 0 atom stereocenters. The Morgan fingerprint density at radius 2 is 0.974 bits per heavy atom. The Balaban J connectivity index is 1.21. The highest BCUT2D eigenvalue weighted by atomic mass is 16.5. The van der Waals surface area contributed by atoms with Gasteiger partial charge in [-0.25, -0.2) is 19.4 Å². The third-order valence-corrected chi connectivity index (χ3v) is 5.90. The molecule has 4 amide bonds. The molecule has 2 heterocycles. The number of carbonyl (C=O) groups is 6. The Morgan fingerprint density at radius 1 is 0.564 bits per heavy atom.